The minimum Gasteiger partial charge on any atom is -0.314 e. The fourth-order valence-electron chi connectivity index (χ4n) is 9.98. The Bertz CT molecular complexity index is 1200. The van der Waals surface area contributed by atoms with Gasteiger partial charge in [0.05, 0.1) is 0 Å². The van der Waals surface area contributed by atoms with Crippen LogP contribution in [0.5, 0.6) is 0 Å². The van der Waals surface area contributed by atoms with E-state index in [0.29, 0.717) is 17.5 Å². The van der Waals surface area contributed by atoms with Gasteiger partial charge in [-0.05, 0) is 78.5 Å². The Hall–Kier alpha value is -0.861. The summed E-state index contributed by atoms with van der Waals surface area (Å²) in [5.41, 5.74) is 6.41. The molecule has 8 aliphatic rings. The molecular formula is C36H50FeN4P2. The maximum absolute atomic E-state index is 3.98. The molecule has 4 saturated carbocycles. The number of allylic oxidation sites excluding steroid dienone is 9. The third kappa shape index (κ3) is 6.04. The molecular weight excluding hydrogens is 606 g/mol. The van der Waals surface area contributed by atoms with Crippen molar-refractivity contribution in [1.82, 2.24) is 21.3 Å². The van der Waals surface area contributed by atoms with Crippen molar-refractivity contribution in [2.24, 2.45) is 29.1 Å². The topological polar surface area (TPSA) is 48.1 Å². The minimum atomic E-state index is -0.0853. The van der Waals surface area contributed by atoms with Crippen LogP contribution in [0.2, 0.25) is 0 Å². The first kappa shape index (κ1) is 32.1. The molecule has 6 aliphatic carbocycles. The average Bonchev–Trinajstić information content (AvgIpc) is 3.77. The summed E-state index contributed by atoms with van der Waals surface area (Å²) >= 11 is 0. The van der Waals surface area contributed by atoms with Crippen LogP contribution in [0.15, 0.2) is 89.1 Å². The van der Waals surface area contributed by atoms with Crippen molar-refractivity contribution < 1.29 is 17.1 Å². The molecule has 0 spiro atoms. The second kappa shape index (κ2) is 13.9. The van der Waals surface area contributed by atoms with Crippen LogP contribution >= 0.6 is 18.5 Å². The Morgan fingerprint density at radius 2 is 1.56 bits per heavy atom. The predicted molar refractivity (Wildman–Crippen MR) is 184 cm³/mol. The van der Waals surface area contributed by atoms with E-state index in [1.165, 1.54) is 49.4 Å². The predicted octanol–water partition coefficient (Wildman–Crippen LogP) is 4.94. The number of piperazine rings is 2. The molecule has 7 heteroatoms. The largest absolute Gasteiger partial charge is 2.00 e. The molecule has 1 aromatic carbocycles. The summed E-state index contributed by atoms with van der Waals surface area (Å²) in [6.45, 7) is 6.21. The van der Waals surface area contributed by atoms with Crippen molar-refractivity contribution in [2.45, 2.75) is 49.3 Å². The maximum atomic E-state index is 3.98. The van der Waals surface area contributed by atoms with Crippen molar-refractivity contribution in [3.8, 4) is 0 Å². The van der Waals surface area contributed by atoms with Crippen LogP contribution in [0.3, 0.4) is 0 Å². The number of hydrogen-bond acceptors (Lipinski definition) is 4. The molecule has 7 atom stereocenters. The summed E-state index contributed by atoms with van der Waals surface area (Å²) in [5.74, 6) is 3.56. The number of hydrogen-bond donors (Lipinski definition) is 4. The van der Waals surface area contributed by atoms with E-state index in [1.54, 1.807) is 11.1 Å². The van der Waals surface area contributed by atoms with Gasteiger partial charge < -0.3 is 21.3 Å². The zero-order valence-corrected chi connectivity index (χ0v) is 28.8. The van der Waals surface area contributed by atoms with Crippen LogP contribution in [-0.2, 0) is 17.1 Å². The summed E-state index contributed by atoms with van der Waals surface area (Å²) in [7, 11) is 6.66. The van der Waals surface area contributed by atoms with Crippen molar-refractivity contribution >= 4 is 18.5 Å². The molecule has 4 nitrogen and oxygen atoms in total. The van der Waals surface area contributed by atoms with Crippen molar-refractivity contribution in [2.75, 3.05) is 45.4 Å². The third-order valence-electron chi connectivity index (χ3n) is 11.6. The van der Waals surface area contributed by atoms with Gasteiger partial charge in [0.1, 0.15) is 0 Å². The average molecular weight is 657 g/mol. The molecule has 232 valence electrons. The first-order valence-corrected chi connectivity index (χ1v) is 17.9. The molecule has 2 aliphatic heterocycles. The summed E-state index contributed by atoms with van der Waals surface area (Å²) in [6, 6.07) is 10.7. The van der Waals surface area contributed by atoms with Crippen LogP contribution in [0.1, 0.15) is 32.1 Å². The molecule has 4 N–H and O–H groups in total. The molecule has 7 unspecified atom stereocenters. The second-order valence-corrected chi connectivity index (χ2v) is 15.3. The fourth-order valence-corrected chi connectivity index (χ4v) is 11.5. The molecule has 0 amide bonds. The van der Waals surface area contributed by atoms with Gasteiger partial charge in [0.15, 0.2) is 0 Å². The first-order chi connectivity index (χ1) is 20.6. The van der Waals surface area contributed by atoms with E-state index in [0.717, 1.165) is 62.9 Å². The van der Waals surface area contributed by atoms with Crippen LogP contribution in [0.25, 0.3) is 0 Å². The monoisotopic (exact) mass is 656 g/mol. The van der Waals surface area contributed by atoms with E-state index in [1.807, 2.05) is 30.3 Å². The van der Waals surface area contributed by atoms with E-state index in [9.17, 15) is 0 Å². The van der Waals surface area contributed by atoms with Crippen molar-refractivity contribution in [3.63, 3.8) is 0 Å². The van der Waals surface area contributed by atoms with E-state index in [2.05, 4.69) is 82.6 Å². The van der Waals surface area contributed by atoms with Gasteiger partial charge in [-0.25, -0.2) is 12.1 Å². The van der Waals surface area contributed by atoms with E-state index in [-0.39, 0.29) is 22.2 Å². The minimum absolute atomic E-state index is 0. The smallest absolute Gasteiger partial charge is 0.314 e. The fraction of sp³-hybridized carbons (Fsp3) is 0.556. The first-order valence-electron chi connectivity index (χ1n) is 16.5. The van der Waals surface area contributed by atoms with Gasteiger partial charge in [-0.3, -0.25) is 0 Å². The molecule has 1 aromatic rings. The third-order valence-corrected chi connectivity index (χ3v) is 13.2. The second-order valence-electron chi connectivity index (χ2n) is 13.9. The maximum Gasteiger partial charge on any atom is 2.00 e. The van der Waals surface area contributed by atoms with Crippen LogP contribution < -0.4 is 21.3 Å². The van der Waals surface area contributed by atoms with Gasteiger partial charge in [0.2, 0.25) is 0 Å². The number of nitrogens with one attached hydrogen (secondary N) is 4. The van der Waals surface area contributed by atoms with Gasteiger partial charge in [-0.1, -0.05) is 17.7 Å². The van der Waals surface area contributed by atoms with Gasteiger partial charge in [0.25, 0.3) is 0 Å². The standard InChI is InChI=1S/C31H45N4P2.C5H5.Fe/c36-19-27-24-11-20-10-21(12-24)16-30(27,15-20)25-13-23(22-4-2-1-3-5-22)14-26(25)31(37,28-17-32-6-8-34-28)29-18-33-7-9-35-29;1-2-4-5-3-1;/h1-5,13-14,20-21,24,27-29,32-35H,6-12,15-19,36-37H2;1-5H;/q2*-1;+2. The summed E-state index contributed by atoms with van der Waals surface area (Å²) in [5, 5.41) is 15.3. The van der Waals surface area contributed by atoms with E-state index in [4.69, 9.17) is 0 Å². The molecule has 9 rings (SSSR count). The number of rotatable bonds is 5. The SMILES string of the molecule is PCC1C2CC3CC(C2)CC1(C1=CC(=C2C=CC=C[CH-]2)C=C1C(P)(C1CNCCN1)C1CNCCN1)C3.[Fe+2].c1cc[cH-]c1. The van der Waals surface area contributed by atoms with Gasteiger partial charge in [-0.2, -0.15) is 18.2 Å². The van der Waals surface area contributed by atoms with Crippen molar-refractivity contribution in [3.05, 3.63) is 95.5 Å². The van der Waals surface area contributed by atoms with E-state index < -0.39 is 0 Å². The van der Waals surface area contributed by atoms with E-state index >= 15 is 0 Å². The Morgan fingerprint density at radius 3 is 2.07 bits per heavy atom. The molecule has 2 heterocycles. The molecule has 2 saturated heterocycles. The molecule has 0 aromatic heterocycles. The normalized spacial score (nSPS) is 39.1. The zero-order chi connectivity index (χ0) is 28.6. The summed E-state index contributed by atoms with van der Waals surface area (Å²) in [4.78, 5) is 0. The summed E-state index contributed by atoms with van der Waals surface area (Å²) < 4.78 is 0. The van der Waals surface area contributed by atoms with Gasteiger partial charge in [0, 0.05) is 56.5 Å². The molecule has 0 radical (unpaired) electrons. The Labute approximate surface area is 275 Å². The molecule has 6 fully saturated rings. The van der Waals surface area contributed by atoms with Crippen LogP contribution in [0, 0.1) is 35.5 Å². The van der Waals surface area contributed by atoms with Crippen LogP contribution in [0.4, 0.5) is 0 Å². The van der Waals surface area contributed by atoms with Gasteiger partial charge >= 0.3 is 17.1 Å². The van der Waals surface area contributed by atoms with Crippen molar-refractivity contribution in [1.29, 1.82) is 0 Å². The Kier molecular flexibility index (Phi) is 10.3. The molecule has 4 bridgehead atoms. The Balaban J connectivity index is 0.000000500. The Morgan fingerprint density at radius 1 is 0.884 bits per heavy atom. The van der Waals surface area contributed by atoms with Gasteiger partial charge in [-0.15, -0.1) is 54.8 Å². The molecule has 43 heavy (non-hydrogen) atoms. The van der Waals surface area contributed by atoms with Crippen LogP contribution in [-0.4, -0.2) is 62.7 Å². The quantitative estimate of drug-likeness (QED) is 0.206. The zero-order valence-electron chi connectivity index (χ0n) is 25.4. The summed E-state index contributed by atoms with van der Waals surface area (Å²) in [6.07, 6.45) is 24.9.